The van der Waals surface area contributed by atoms with Crippen LogP contribution in [0.4, 0.5) is 18.9 Å². The van der Waals surface area contributed by atoms with Gasteiger partial charge in [-0.05, 0) is 42.7 Å². The van der Waals surface area contributed by atoms with Crippen molar-refractivity contribution < 1.29 is 26.1 Å². The molecule has 3 aromatic rings. The fourth-order valence-corrected chi connectivity index (χ4v) is 4.35. The van der Waals surface area contributed by atoms with E-state index < -0.39 is 22.0 Å². The summed E-state index contributed by atoms with van der Waals surface area (Å²) in [7, 11) is -4.04. The topological polar surface area (TPSA) is 72.2 Å². The van der Waals surface area contributed by atoms with E-state index in [1.54, 1.807) is 32.0 Å². The molecule has 3 rings (SSSR count). The third-order valence-corrected chi connectivity index (χ3v) is 6.19. The van der Waals surface area contributed by atoms with Crippen molar-refractivity contribution >= 4 is 27.3 Å². The number of aryl methyl sites for hydroxylation is 1. The van der Waals surface area contributed by atoms with Gasteiger partial charge in [-0.1, -0.05) is 41.9 Å². The second kappa shape index (κ2) is 7.72. The third-order valence-electron chi connectivity index (χ3n) is 4.33. The molecule has 1 N–H and O–H groups in total. The summed E-state index contributed by atoms with van der Waals surface area (Å²) >= 11 is 6.05. The zero-order valence-electron chi connectivity index (χ0n) is 15.3. The van der Waals surface area contributed by atoms with Gasteiger partial charge in [-0.2, -0.15) is 13.2 Å². The number of rotatable bonds is 5. The molecule has 10 heteroatoms. The van der Waals surface area contributed by atoms with Crippen LogP contribution in [0.15, 0.2) is 51.9 Å². The fraction of sp³-hybridized carbons (Fsp3) is 0.211. The van der Waals surface area contributed by atoms with Gasteiger partial charge >= 0.3 is 6.18 Å². The van der Waals surface area contributed by atoms with E-state index in [0.29, 0.717) is 28.3 Å². The van der Waals surface area contributed by atoms with Gasteiger partial charge in [-0.3, -0.25) is 4.72 Å². The van der Waals surface area contributed by atoms with Gasteiger partial charge < -0.3 is 4.52 Å². The molecule has 29 heavy (non-hydrogen) atoms. The summed E-state index contributed by atoms with van der Waals surface area (Å²) < 4.78 is 71.2. The molecule has 0 aliphatic heterocycles. The lowest BCUT2D eigenvalue weighted by atomic mass is 10.1. The molecule has 154 valence electrons. The van der Waals surface area contributed by atoms with Crippen LogP contribution in [-0.4, -0.2) is 13.6 Å². The highest BCUT2D eigenvalue weighted by molar-refractivity contribution is 7.92. The highest BCUT2D eigenvalue weighted by Crippen LogP contribution is 2.34. The maximum absolute atomic E-state index is 13.0. The highest BCUT2D eigenvalue weighted by atomic mass is 35.5. The maximum Gasteiger partial charge on any atom is 0.452 e. The Morgan fingerprint density at radius 2 is 1.90 bits per heavy atom. The van der Waals surface area contributed by atoms with E-state index in [4.69, 9.17) is 11.6 Å². The average molecular weight is 445 g/mol. The Hall–Kier alpha value is -2.52. The zero-order valence-corrected chi connectivity index (χ0v) is 16.9. The number of benzene rings is 2. The first-order chi connectivity index (χ1) is 13.5. The molecule has 0 spiro atoms. The first kappa shape index (κ1) is 21.2. The van der Waals surface area contributed by atoms with Crippen LogP contribution in [0.25, 0.3) is 11.3 Å². The van der Waals surface area contributed by atoms with E-state index in [1.165, 1.54) is 18.2 Å². The van der Waals surface area contributed by atoms with Crippen LogP contribution in [0.5, 0.6) is 0 Å². The molecule has 0 saturated carbocycles. The van der Waals surface area contributed by atoms with Crippen LogP contribution in [0.3, 0.4) is 0 Å². The standard InChI is InChI=1S/C19H16ClF3N2O3S/c1-3-12-7-8-13(16-10-18(28-24-16)19(21,22)23)9-17(12)29(26,27)25-15-6-4-5-14(20)11(15)2/h4-10,25H,3H2,1-2H3. The van der Waals surface area contributed by atoms with Gasteiger partial charge in [-0.15, -0.1) is 0 Å². The van der Waals surface area contributed by atoms with Gasteiger partial charge in [0.1, 0.15) is 5.69 Å². The van der Waals surface area contributed by atoms with Gasteiger partial charge in [0.2, 0.25) is 5.76 Å². The molecular weight excluding hydrogens is 429 g/mol. The Bertz CT molecular complexity index is 1160. The summed E-state index contributed by atoms with van der Waals surface area (Å²) in [6, 6.07) is 9.86. The van der Waals surface area contributed by atoms with E-state index in [-0.39, 0.29) is 16.2 Å². The van der Waals surface area contributed by atoms with E-state index in [2.05, 4.69) is 14.4 Å². The number of halogens is 4. The molecule has 0 bridgehead atoms. The Morgan fingerprint density at radius 1 is 1.17 bits per heavy atom. The van der Waals surface area contributed by atoms with E-state index in [0.717, 1.165) is 6.07 Å². The summed E-state index contributed by atoms with van der Waals surface area (Å²) in [6.07, 6.45) is -4.28. The fourth-order valence-electron chi connectivity index (χ4n) is 2.72. The van der Waals surface area contributed by atoms with Crippen molar-refractivity contribution in [3.8, 4) is 11.3 Å². The predicted octanol–water partition coefficient (Wildman–Crippen LogP) is 5.69. The number of hydrogen-bond acceptors (Lipinski definition) is 4. The molecule has 0 fully saturated rings. The second-order valence-electron chi connectivity index (χ2n) is 6.27. The van der Waals surface area contributed by atoms with Gasteiger partial charge in [0.05, 0.1) is 10.6 Å². The van der Waals surface area contributed by atoms with Crippen LogP contribution >= 0.6 is 11.6 Å². The Labute approximate surface area is 170 Å². The predicted molar refractivity (Wildman–Crippen MR) is 103 cm³/mol. The van der Waals surface area contributed by atoms with Crippen LogP contribution in [0, 0.1) is 6.92 Å². The second-order valence-corrected chi connectivity index (χ2v) is 8.33. The van der Waals surface area contributed by atoms with Crippen LogP contribution in [0.1, 0.15) is 23.8 Å². The van der Waals surface area contributed by atoms with Crippen molar-refractivity contribution in [1.29, 1.82) is 0 Å². The Balaban J connectivity index is 2.05. The van der Waals surface area contributed by atoms with Gasteiger partial charge in [0.25, 0.3) is 10.0 Å². The number of aromatic nitrogens is 1. The molecule has 0 unspecified atom stereocenters. The quantitative estimate of drug-likeness (QED) is 0.549. The molecule has 0 aliphatic carbocycles. The van der Waals surface area contributed by atoms with Crippen LogP contribution in [-0.2, 0) is 22.6 Å². The highest BCUT2D eigenvalue weighted by Gasteiger charge is 2.36. The lowest BCUT2D eigenvalue weighted by molar-refractivity contribution is -0.155. The van der Waals surface area contributed by atoms with Crippen molar-refractivity contribution in [2.24, 2.45) is 0 Å². The zero-order chi connectivity index (χ0) is 21.4. The molecule has 5 nitrogen and oxygen atoms in total. The number of nitrogens with zero attached hydrogens (tertiary/aromatic N) is 1. The van der Waals surface area contributed by atoms with Crippen molar-refractivity contribution in [2.75, 3.05) is 4.72 Å². The minimum atomic E-state index is -4.69. The molecule has 0 radical (unpaired) electrons. The van der Waals surface area contributed by atoms with Crippen molar-refractivity contribution in [1.82, 2.24) is 5.16 Å². The van der Waals surface area contributed by atoms with Crippen molar-refractivity contribution in [3.05, 3.63) is 64.4 Å². The van der Waals surface area contributed by atoms with Crippen molar-refractivity contribution in [3.63, 3.8) is 0 Å². The van der Waals surface area contributed by atoms with E-state index >= 15 is 0 Å². The molecule has 2 aromatic carbocycles. The van der Waals surface area contributed by atoms with Gasteiger partial charge in [-0.25, -0.2) is 8.42 Å². The molecule has 1 aromatic heterocycles. The summed E-state index contributed by atoms with van der Waals surface area (Å²) in [6.45, 7) is 3.45. The minimum Gasteiger partial charge on any atom is -0.351 e. The smallest absolute Gasteiger partial charge is 0.351 e. The third kappa shape index (κ3) is 4.40. The van der Waals surface area contributed by atoms with Gasteiger partial charge in [0.15, 0.2) is 0 Å². The molecule has 0 amide bonds. The first-order valence-electron chi connectivity index (χ1n) is 8.48. The number of alkyl halides is 3. The SMILES string of the molecule is CCc1ccc(-c2cc(C(F)(F)F)on2)cc1S(=O)(=O)Nc1cccc(Cl)c1C. The molecule has 1 heterocycles. The summed E-state index contributed by atoms with van der Waals surface area (Å²) in [5, 5.41) is 3.81. The van der Waals surface area contributed by atoms with E-state index in [9.17, 15) is 21.6 Å². The average Bonchev–Trinajstić information content (AvgIpc) is 3.15. The largest absolute Gasteiger partial charge is 0.452 e. The van der Waals surface area contributed by atoms with Crippen LogP contribution in [0.2, 0.25) is 5.02 Å². The maximum atomic E-state index is 13.0. The number of anilines is 1. The normalized spacial score (nSPS) is 12.2. The van der Waals surface area contributed by atoms with E-state index in [1.807, 2.05) is 0 Å². The molecular formula is C19H16ClF3N2O3S. The number of nitrogens with one attached hydrogen (secondary N) is 1. The number of sulfonamides is 1. The molecule has 0 saturated heterocycles. The van der Waals surface area contributed by atoms with Gasteiger partial charge in [0, 0.05) is 16.7 Å². The summed E-state index contributed by atoms with van der Waals surface area (Å²) in [4.78, 5) is -0.0616. The lowest BCUT2D eigenvalue weighted by Gasteiger charge is -2.14. The Kier molecular flexibility index (Phi) is 5.64. The molecule has 0 atom stereocenters. The summed E-state index contributed by atoms with van der Waals surface area (Å²) in [5.41, 5.74) is 1.43. The summed E-state index contributed by atoms with van der Waals surface area (Å²) in [5.74, 6) is -1.26. The first-order valence-corrected chi connectivity index (χ1v) is 10.3. The minimum absolute atomic E-state index is 0.0616. The Morgan fingerprint density at radius 3 is 2.52 bits per heavy atom. The van der Waals surface area contributed by atoms with Crippen LogP contribution < -0.4 is 4.72 Å². The molecule has 0 aliphatic rings. The lowest BCUT2D eigenvalue weighted by Crippen LogP contribution is -2.16. The number of hydrogen-bond donors (Lipinski definition) is 1. The monoisotopic (exact) mass is 444 g/mol. The van der Waals surface area contributed by atoms with Crippen molar-refractivity contribution in [2.45, 2.75) is 31.3 Å².